The van der Waals surface area contributed by atoms with Gasteiger partial charge in [0.05, 0.1) is 23.3 Å². The molecular formula is C12H17BrF3N3. The molecule has 108 valence electrons. The van der Waals surface area contributed by atoms with Crippen LogP contribution in [0.1, 0.15) is 32.7 Å². The van der Waals surface area contributed by atoms with Gasteiger partial charge in [0.25, 0.3) is 0 Å². The van der Waals surface area contributed by atoms with E-state index in [4.69, 9.17) is 0 Å². The lowest BCUT2D eigenvalue weighted by atomic mass is 9.87. The number of piperidine rings is 1. The number of halogens is 4. The molecule has 2 rings (SSSR count). The first-order chi connectivity index (χ1) is 8.67. The second kappa shape index (κ2) is 5.09. The first-order valence-corrected chi connectivity index (χ1v) is 6.98. The van der Waals surface area contributed by atoms with Crippen molar-refractivity contribution in [3.8, 4) is 0 Å². The minimum absolute atomic E-state index is 0.158. The molecule has 2 heterocycles. The molecule has 0 N–H and O–H groups in total. The predicted molar refractivity (Wildman–Crippen MR) is 69.9 cm³/mol. The Kier molecular flexibility index (Phi) is 3.97. The molecule has 1 aromatic heterocycles. The van der Waals surface area contributed by atoms with E-state index < -0.39 is 18.3 Å². The average Bonchev–Trinajstić information content (AvgIpc) is 2.66. The highest BCUT2D eigenvalue weighted by molar-refractivity contribution is 9.10. The molecule has 1 aliphatic rings. The van der Waals surface area contributed by atoms with Crippen molar-refractivity contribution in [1.82, 2.24) is 14.7 Å². The van der Waals surface area contributed by atoms with Crippen LogP contribution in [-0.4, -0.2) is 39.5 Å². The summed E-state index contributed by atoms with van der Waals surface area (Å²) in [4.78, 5) is 1.52. The van der Waals surface area contributed by atoms with Gasteiger partial charge >= 0.3 is 6.18 Å². The summed E-state index contributed by atoms with van der Waals surface area (Å²) >= 11 is 3.34. The van der Waals surface area contributed by atoms with E-state index in [1.54, 1.807) is 6.20 Å². The summed E-state index contributed by atoms with van der Waals surface area (Å²) in [6.45, 7) is 3.33. The molecule has 0 aliphatic carbocycles. The summed E-state index contributed by atoms with van der Waals surface area (Å²) in [5.74, 6) is 0. The zero-order chi connectivity index (χ0) is 14.3. The third kappa shape index (κ3) is 3.72. The summed E-state index contributed by atoms with van der Waals surface area (Å²) in [7, 11) is 0. The van der Waals surface area contributed by atoms with E-state index in [-0.39, 0.29) is 6.04 Å². The zero-order valence-electron chi connectivity index (χ0n) is 10.9. The first kappa shape index (κ1) is 14.8. The molecule has 7 heteroatoms. The van der Waals surface area contributed by atoms with Crippen LogP contribution >= 0.6 is 15.9 Å². The number of alkyl halides is 3. The van der Waals surface area contributed by atoms with Crippen molar-refractivity contribution >= 4 is 15.9 Å². The van der Waals surface area contributed by atoms with Gasteiger partial charge in [0.15, 0.2) is 0 Å². The highest BCUT2D eigenvalue weighted by Crippen LogP contribution is 2.36. The number of likely N-dealkylation sites (tertiary alicyclic amines) is 1. The molecule has 0 spiro atoms. The van der Waals surface area contributed by atoms with Gasteiger partial charge in [-0.3, -0.25) is 9.58 Å². The molecule has 19 heavy (non-hydrogen) atoms. The molecule has 0 aromatic carbocycles. The second-order valence-corrected chi connectivity index (χ2v) is 6.55. The van der Waals surface area contributed by atoms with Crippen LogP contribution in [0, 0.1) is 0 Å². The van der Waals surface area contributed by atoms with E-state index in [1.165, 1.54) is 4.90 Å². The molecule has 3 nitrogen and oxygen atoms in total. The summed E-state index contributed by atoms with van der Waals surface area (Å²) in [5.41, 5.74) is -0.475. The molecule has 0 bridgehead atoms. The van der Waals surface area contributed by atoms with E-state index >= 15 is 0 Å². The zero-order valence-corrected chi connectivity index (χ0v) is 12.5. The number of hydrogen-bond donors (Lipinski definition) is 0. The Hall–Kier alpha value is -0.560. The molecule has 1 aliphatic heterocycles. The molecule has 0 radical (unpaired) electrons. The molecule has 1 aromatic rings. The van der Waals surface area contributed by atoms with Crippen LogP contribution in [-0.2, 0) is 0 Å². The Morgan fingerprint density at radius 1 is 1.47 bits per heavy atom. The average molecular weight is 340 g/mol. The summed E-state index contributed by atoms with van der Waals surface area (Å²) in [6.07, 6.45) is 0.791. The van der Waals surface area contributed by atoms with Gasteiger partial charge in [-0.1, -0.05) is 0 Å². The SMILES string of the molecule is CC1(C)CC(n2cc(Br)cn2)CCN1CC(F)(F)F. The van der Waals surface area contributed by atoms with Crippen molar-refractivity contribution in [3.63, 3.8) is 0 Å². The van der Waals surface area contributed by atoms with Crippen LogP contribution in [0.4, 0.5) is 13.2 Å². The number of hydrogen-bond acceptors (Lipinski definition) is 2. The van der Waals surface area contributed by atoms with Gasteiger partial charge < -0.3 is 0 Å². The van der Waals surface area contributed by atoms with E-state index in [0.717, 1.165) is 4.47 Å². The number of rotatable bonds is 2. The minimum atomic E-state index is -4.14. The van der Waals surface area contributed by atoms with Gasteiger partial charge in [-0.05, 0) is 42.6 Å². The van der Waals surface area contributed by atoms with Crippen LogP contribution in [0.3, 0.4) is 0 Å². The van der Waals surface area contributed by atoms with Crippen LogP contribution in [0.25, 0.3) is 0 Å². The van der Waals surface area contributed by atoms with Gasteiger partial charge in [-0.15, -0.1) is 0 Å². The minimum Gasteiger partial charge on any atom is -0.290 e. The third-order valence-electron chi connectivity index (χ3n) is 3.64. The molecule has 1 fully saturated rings. The highest BCUT2D eigenvalue weighted by atomic mass is 79.9. The van der Waals surface area contributed by atoms with Crippen LogP contribution in [0.15, 0.2) is 16.9 Å². The summed E-state index contributed by atoms with van der Waals surface area (Å²) in [6, 6.07) is 0.158. The fourth-order valence-electron chi connectivity index (χ4n) is 2.67. The van der Waals surface area contributed by atoms with Crippen molar-refractivity contribution in [2.75, 3.05) is 13.1 Å². The third-order valence-corrected chi connectivity index (χ3v) is 4.05. The maximum Gasteiger partial charge on any atom is 0.401 e. The van der Waals surface area contributed by atoms with Gasteiger partial charge in [0, 0.05) is 18.3 Å². The molecule has 1 unspecified atom stereocenters. The Morgan fingerprint density at radius 3 is 2.63 bits per heavy atom. The van der Waals surface area contributed by atoms with Crippen LogP contribution in [0.5, 0.6) is 0 Å². The quantitative estimate of drug-likeness (QED) is 0.820. The lowest BCUT2D eigenvalue weighted by molar-refractivity contribution is -0.163. The highest BCUT2D eigenvalue weighted by Gasteiger charge is 2.41. The van der Waals surface area contributed by atoms with Gasteiger partial charge in [0.2, 0.25) is 0 Å². The van der Waals surface area contributed by atoms with E-state index in [2.05, 4.69) is 21.0 Å². The normalized spacial score (nSPS) is 24.6. The maximum absolute atomic E-state index is 12.5. The first-order valence-electron chi connectivity index (χ1n) is 6.19. The molecule has 0 saturated carbocycles. The lowest BCUT2D eigenvalue weighted by Crippen LogP contribution is -2.53. The molecular weight excluding hydrogens is 323 g/mol. The molecule has 1 saturated heterocycles. The van der Waals surface area contributed by atoms with E-state index in [9.17, 15) is 13.2 Å². The molecule has 0 amide bonds. The Balaban J connectivity index is 2.06. The van der Waals surface area contributed by atoms with Gasteiger partial charge in [0.1, 0.15) is 0 Å². The van der Waals surface area contributed by atoms with Gasteiger partial charge in [-0.2, -0.15) is 18.3 Å². The van der Waals surface area contributed by atoms with Crippen molar-refractivity contribution in [2.24, 2.45) is 0 Å². The van der Waals surface area contributed by atoms with Crippen LogP contribution < -0.4 is 0 Å². The molecule has 1 atom stereocenters. The number of aromatic nitrogens is 2. The fourth-order valence-corrected chi connectivity index (χ4v) is 2.97. The Labute approximate surface area is 118 Å². The van der Waals surface area contributed by atoms with Crippen molar-refractivity contribution in [3.05, 3.63) is 16.9 Å². The van der Waals surface area contributed by atoms with Crippen molar-refractivity contribution in [1.29, 1.82) is 0 Å². The maximum atomic E-state index is 12.5. The Morgan fingerprint density at radius 2 is 2.16 bits per heavy atom. The van der Waals surface area contributed by atoms with Gasteiger partial charge in [-0.25, -0.2) is 0 Å². The monoisotopic (exact) mass is 339 g/mol. The smallest absolute Gasteiger partial charge is 0.290 e. The predicted octanol–water partition coefficient (Wildman–Crippen LogP) is 3.62. The van der Waals surface area contributed by atoms with E-state index in [1.807, 2.05) is 24.7 Å². The summed E-state index contributed by atoms with van der Waals surface area (Å²) < 4.78 is 40.4. The van der Waals surface area contributed by atoms with Crippen molar-refractivity contribution < 1.29 is 13.2 Å². The standard InChI is InChI=1S/C12H17BrF3N3/c1-11(2)5-10(19-7-9(13)6-17-19)3-4-18(11)8-12(14,15)16/h6-7,10H,3-5,8H2,1-2H3. The van der Waals surface area contributed by atoms with Crippen molar-refractivity contribution in [2.45, 2.75) is 44.4 Å². The summed E-state index contributed by atoms with van der Waals surface area (Å²) in [5, 5.41) is 4.23. The largest absolute Gasteiger partial charge is 0.401 e. The van der Waals surface area contributed by atoms with E-state index in [0.29, 0.717) is 19.4 Å². The topological polar surface area (TPSA) is 21.1 Å². The lowest BCUT2D eigenvalue weighted by Gasteiger charge is -2.45. The second-order valence-electron chi connectivity index (χ2n) is 5.63. The van der Waals surface area contributed by atoms with Crippen LogP contribution in [0.2, 0.25) is 0 Å². The number of nitrogens with zero attached hydrogens (tertiary/aromatic N) is 3. The Bertz CT molecular complexity index is 442. The fraction of sp³-hybridized carbons (Fsp3) is 0.750.